The fourth-order valence-electron chi connectivity index (χ4n) is 8.39. The van der Waals surface area contributed by atoms with E-state index in [1.165, 1.54) is 99.4 Å². The molecular weight excluding hydrogens is 565 g/mol. The number of hydrogen-bond donors (Lipinski definition) is 0. The van der Waals surface area contributed by atoms with Crippen molar-refractivity contribution in [2.45, 2.75) is 19.3 Å². The monoisotopic (exact) mass is 596 g/mol. The highest BCUT2D eigenvalue weighted by molar-refractivity contribution is 6.18. The maximum Gasteiger partial charge on any atom is 0.0159 e. The Morgan fingerprint density at radius 3 is 1.60 bits per heavy atom. The van der Waals surface area contributed by atoms with E-state index in [0.717, 1.165) is 0 Å². The van der Waals surface area contributed by atoms with Crippen LogP contribution in [-0.2, 0) is 5.41 Å². The van der Waals surface area contributed by atoms with Crippen LogP contribution in [0.4, 0.5) is 0 Å². The molecule has 0 saturated heterocycles. The van der Waals surface area contributed by atoms with Gasteiger partial charge in [0.05, 0.1) is 0 Å². The van der Waals surface area contributed by atoms with Gasteiger partial charge in [-0.1, -0.05) is 153 Å². The summed E-state index contributed by atoms with van der Waals surface area (Å²) in [4.78, 5) is 0. The topological polar surface area (TPSA) is 0 Å². The van der Waals surface area contributed by atoms with Crippen LogP contribution in [-0.4, -0.2) is 0 Å². The van der Waals surface area contributed by atoms with E-state index in [9.17, 15) is 0 Å². The predicted octanol–water partition coefficient (Wildman–Crippen LogP) is 12.9. The minimum absolute atomic E-state index is 0.00405. The molecule has 220 valence electrons. The summed E-state index contributed by atoms with van der Waals surface area (Å²) in [6.07, 6.45) is 0. The smallest absolute Gasteiger partial charge is 0.0159 e. The highest BCUT2D eigenvalue weighted by Gasteiger charge is 2.35. The van der Waals surface area contributed by atoms with E-state index in [1.54, 1.807) is 0 Å². The average molecular weight is 597 g/mol. The van der Waals surface area contributed by atoms with Crippen molar-refractivity contribution in [1.82, 2.24) is 0 Å². The van der Waals surface area contributed by atoms with Gasteiger partial charge < -0.3 is 0 Å². The summed E-state index contributed by atoms with van der Waals surface area (Å²) in [5, 5.41) is 5.22. The second-order valence-electron chi connectivity index (χ2n) is 13.7. The van der Waals surface area contributed by atoms with Gasteiger partial charge in [-0.15, -0.1) is 0 Å². The predicted molar refractivity (Wildman–Crippen MR) is 200 cm³/mol. The van der Waals surface area contributed by atoms with Crippen molar-refractivity contribution in [2.24, 2.45) is 0 Å². The number of fused-ring (bicyclic) bond motifs is 7. The largest absolute Gasteiger partial charge is 0.0619 e. The maximum absolute atomic E-state index is 2.41. The van der Waals surface area contributed by atoms with E-state index in [4.69, 9.17) is 0 Å². The maximum atomic E-state index is 2.41. The average Bonchev–Trinajstić information content (AvgIpc) is 3.57. The van der Waals surface area contributed by atoms with E-state index >= 15 is 0 Å². The van der Waals surface area contributed by atoms with Crippen LogP contribution < -0.4 is 0 Å². The van der Waals surface area contributed by atoms with E-state index in [-0.39, 0.29) is 5.41 Å². The number of rotatable bonds is 3. The third-order valence-corrected chi connectivity index (χ3v) is 10.8. The van der Waals surface area contributed by atoms with Crippen LogP contribution in [0.1, 0.15) is 25.0 Å². The van der Waals surface area contributed by atoms with Crippen molar-refractivity contribution in [1.29, 1.82) is 0 Å². The summed E-state index contributed by atoms with van der Waals surface area (Å²) in [6.45, 7) is 4.70. The van der Waals surface area contributed by atoms with Gasteiger partial charge in [-0.3, -0.25) is 0 Å². The minimum Gasteiger partial charge on any atom is -0.0619 e. The zero-order valence-corrected chi connectivity index (χ0v) is 26.5. The van der Waals surface area contributed by atoms with Gasteiger partial charge in [-0.2, -0.15) is 0 Å². The van der Waals surface area contributed by atoms with Gasteiger partial charge in [0.25, 0.3) is 0 Å². The lowest BCUT2D eigenvalue weighted by molar-refractivity contribution is 0.660. The first-order valence-electron chi connectivity index (χ1n) is 16.6. The van der Waals surface area contributed by atoms with Crippen molar-refractivity contribution >= 4 is 21.5 Å². The third-order valence-electron chi connectivity index (χ3n) is 10.8. The quantitative estimate of drug-likeness (QED) is 0.190. The summed E-state index contributed by atoms with van der Waals surface area (Å²) >= 11 is 0. The number of hydrogen-bond acceptors (Lipinski definition) is 0. The second-order valence-corrected chi connectivity index (χ2v) is 13.7. The lowest BCUT2D eigenvalue weighted by atomic mass is 9.81. The zero-order valence-electron chi connectivity index (χ0n) is 26.5. The highest BCUT2D eigenvalue weighted by Crippen LogP contribution is 2.50. The van der Waals surface area contributed by atoms with Gasteiger partial charge >= 0.3 is 0 Å². The molecule has 0 aromatic heterocycles. The fraction of sp³-hybridized carbons (Fsp3) is 0.0638. The van der Waals surface area contributed by atoms with Crippen molar-refractivity contribution < 1.29 is 0 Å². The molecule has 8 aromatic carbocycles. The molecule has 10 rings (SSSR count). The molecule has 0 radical (unpaired) electrons. The zero-order chi connectivity index (χ0) is 31.3. The Hall–Kier alpha value is -5.72. The Labute approximate surface area is 275 Å². The molecule has 2 aliphatic rings. The molecule has 0 aliphatic heterocycles. The SMILES string of the molecule is CC1(C)c2ccccc2-c2ccc(-c3ccc4ccc(-c5ccc(-c6ccc7c8c(cccc68)-c6ccccc6-7)cc5)cc4c3)cc21. The Morgan fingerprint density at radius 2 is 0.830 bits per heavy atom. The molecule has 8 aromatic rings. The first-order valence-corrected chi connectivity index (χ1v) is 16.6. The molecular formula is C47H32. The molecule has 0 N–H and O–H groups in total. The fourth-order valence-corrected chi connectivity index (χ4v) is 8.39. The molecule has 0 heteroatoms. The van der Waals surface area contributed by atoms with Crippen LogP contribution >= 0.6 is 0 Å². The summed E-state index contributed by atoms with van der Waals surface area (Å²) in [5.74, 6) is 0. The molecule has 0 amide bonds. The van der Waals surface area contributed by atoms with Gasteiger partial charge in [0.1, 0.15) is 0 Å². The third kappa shape index (κ3) is 3.82. The Bertz CT molecular complexity index is 2550. The molecule has 47 heavy (non-hydrogen) atoms. The van der Waals surface area contributed by atoms with Gasteiger partial charge in [0, 0.05) is 5.41 Å². The summed E-state index contributed by atoms with van der Waals surface area (Å²) in [5.41, 5.74) is 18.5. The van der Waals surface area contributed by atoms with Crippen LogP contribution in [0, 0.1) is 0 Å². The van der Waals surface area contributed by atoms with Crippen molar-refractivity contribution in [3.05, 3.63) is 169 Å². The van der Waals surface area contributed by atoms with Gasteiger partial charge in [-0.25, -0.2) is 0 Å². The van der Waals surface area contributed by atoms with Crippen LogP contribution in [0.25, 0.3) is 88.3 Å². The van der Waals surface area contributed by atoms with Crippen molar-refractivity contribution in [3.63, 3.8) is 0 Å². The van der Waals surface area contributed by atoms with Gasteiger partial charge in [-0.05, 0) is 118 Å². The molecule has 2 aliphatic carbocycles. The van der Waals surface area contributed by atoms with Crippen LogP contribution in [0.15, 0.2) is 158 Å². The first-order chi connectivity index (χ1) is 23.0. The van der Waals surface area contributed by atoms with Crippen molar-refractivity contribution in [2.75, 3.05) is 0 Å². The lowest BCUT2D eigenvalue weighted by Crippen LogP contribution is -2.14. The van der Waals surface area contributed by atoms with E-state index in [1.807, 2.05) is 0 Å². The normalized spacial score (nSPS) is 13.5. The Morgan fingerprint density at radius 1 is 0.319 bits per heavy atom. The molecule has 0 heterocycles. The summed E-state index contributed by atoms with van der Waals surface area (Å²) < 4.78 is 0. The van der Waals surface area contributed by atoms with Crippen LogP contribution in [0.2, 0.25) is 0 Å². The molecule has 0 spiro atoms. The second kappa shape index (κ2) is 9.64. The molecule has 0 atom stereocenters. The van der Waals surface area contributed by atoms with Crippen molar-refractivity contribution in [3.8, 4) is 66.8 Å². The molecule has 0 unspecified atom stereocenters. The van der Waals surface area contributed by atoms with Gasteiger partial charge in [0.15, 0.2) is 0 Å². The molecule has 0 nitrogen and oxygen atoms in total. The van der Waals surface area contributed by atoms with E-state index < -0.39 is 0 Å². The Balaban J connectivity index is 1.00. The first kappa shape index (κ1) is 26.5. The van der Waals surface area contributed by atoms with Gasteiger partial charge in [0.2, 0.25) is 0 Å². The molecule has 0 saturated carbocycles. The standard InChI is InChI=1S/C47H32/c1-47(2)44-13-6-5-10-39(44)40-23-22-34(28-45(40)47)33-21-17-30-16-20-32(26-35(30)27-33)29-14-18-31(19-15-29)36-24-25-43-38-9-4-3-8-37(38)42-12-7-11-41(36)46(42)43/h3-28H,1-2H3. The minimum atomic E-state index is -0.00405. The summed E-state index contributed by atoms with van der Waals surface area (Å²) in [7, 11) is 0. The van der Waals surface area contributed by atoms with Crippen LogP contribution in [0.5, 0.6) is 0 Å². The van der Waals surface area contributed by atoms with E-state index in [2.05, 4.69) is 172 Å². The lowest BCUT2D eigenvalue weighted by Gasteiger charge is -2.22. The van der Waals surface area contributed by atoms with Crippen LogP contribution in [0.3, 0.4) is 0 Å². The Kier molecular flexibility index (Phi) is 5.44. The molecule has 0 fully saturated rings. The van der Waals surface area contributed by atoms with E-state index in [0.29, 0.717) is 0 Å². The summed E-state index contributed by atoms with van der Waals surface area (Å²) in [6, 6.07) is 58.9. The number of benzene rings is 8. The highest BCUT2D eigenvalue weighted by atomic mass is 14.4. The molecule has 0 bridgehead atoms.